The SMILES string of the molecule is CC(C)CNCc1cnc(N2CCC(CO)CC2)nc1. The Morgan fingerprint density at radius 2 is 1.95 bits per heavy atom. The maximum Gasteiger partial charge on any atom is 0.225 e. The molecule has 0 saturated carbocycles. The molecule has 1 aliphatic rings. The lowest BCUT2D eigenvalue weighted by molar-refractivity contribution is 0.202. The molecule has 5 heteroatoms. The summed E-state index contributed by atoms with van der Waals surface area (Å²) in [6.45, 7) is 8.41. The van der Waals surface area contributed by atoms with Crippen molar-refractivity contribution in [3.63, 3.8) is 0 Å². The second-order valence-electron chi connectivity index (χ2n) is 6.03. The van der Waals surface area contributed by atoms with Crippen LogP contribution < -0.4 is 10.2 Å². The number of piperidine rings is 1. The Morgan fingerprint density at radius 3 is 2.50 bits per heavy atom. The molecule has 2 N–H and O–H groups in total. The van der Waals surface area contributed by atoms with Gasteiger partial charge in [-0.3, -0.25) is 0 Å². The maximum absolute atomic E-state index is 9.15. The molecule has 1 saturated heterocycles. The highest BCUT2D eigenvalue weighted by Crippen LogP contribution is 2.19. The van der Waals surface area contributed by atoms with Gasteiger partial charge in [-0.05, 0) is 31.2 Å². The van der Waals surface area contributed by atoms with Crippen LogP contribution in [0.5, 0.6) is 0 Å². The zero-order valence-corrected chi connectivity index (χ0v) is 12.5. The van der Waals surface area contributed by atoms with Gasteiger partial charge in [0.2, 0.25) is 5.95 Å². The van der Waals surface area contributed by atoms with Crippen LogP contribution in [0, 0.1) is 11.8 Å². The average molecular weight is 278 g/mol. The maximum atomic E-state index is 9.15. The van der Waals surface area contributed by atoms with Crippen molar-refractivity contribution < 1.29 is 5.11 Å². The van der Waals surface area contributed by atoms with Gasteiger partial charge in [-0.2, -0.15) is 0 Å². The molecule has 0 unspecified atom stereocenters. The van der Waals surface area contributed by atoms with Crippen molar-refractivity contribution in [1.29, 1.82) is 0 Å². The number of aliphatic hydroxyl groups is 1. The van der Waals surface area contributed by atoms with Crippen LogP contribution in [0.15, 0.2) is 12.4 Å². The predicted molar refractivity (Wildman–Crippen MR) is 80.6 cm³/mol. The van der Waals surface area contributed by atoms with Crippen molar-refractivity contribution in [3.8, 4) is 0 Å². The van der Waals surface area contributed by atoms with Crippen LogP contribution in [-0.2, 0) is 6.54 Å². The van der Waals surface area contributed by atoms with Gasteiger partial charge in [-0.15, -0.1) is 0 Å². The quantitative estimate of drug-likeness (QED) is 0.824. The fourth-order valence-electron chi connectivity index (χ4n) is 2.42. The van der Waals surface area contributed by atoms with Gasteiger partial charge in [0.25, 0.3) is 0 Å². The van der Waals surface area contributed by atoms with Gasteiger partial charge < -0.3 is 15.3 Å². The van der Waals surface area contributed by atoms with Gasteiger partial charge in [-0.1, -0.05) is 13.8 Å². The largest absolute Gasteiger partial charge is 0.396 e. The first-order valence-corrected chi connectivity index (χ1v) is 7.56. The Balaban J connectivity index is 1.82. The van der Waals surface area contributed by atoms with Crippen LogP contribution in [0.25, 0.3) is 0 Å². The van der Waals surface area contributed by atoms with Gasteiger partial charge in [0.15, 0.2) is 0 Å². The third-order valence-corrected chi connectivity index (χ3v) is 3.73. The van der Waals surface area contributed by atoms with Crippen LogP contribution in [0.3, 0.4) is 0 Å². The van der Waals surface area contributed by atoms with Gasteiger partial charge >= 0.3 is 0 Å². The summed E-state index contributed by atoms with van der Waals surface area (Å²) in [4.78, 5) is 11.1. The minimum Gasteiger partial charge on any atom is -0.396 e. The highest BCUT2D eigenvalue weighted by molar-refractivity contribution is 5.30. The molecule has 0 amide bonds. The van der Waals surface area contributed by atoms with Crippen molar-refractivity contribution in [3.05, 3.63) is 18.0 Å². The van der Waals surface area contributed by atoms with E-state index in [-0.39, 0.29) is 0 Å². The van der Waals surface area contributed by atoms with Crippen molar-refractivity contribution in [1.82, 2.24) is 15.3 Å². The summed E-state index contributed by atoms with van der Waals surface area (Å²) < 4.78 is 0. The Hall–Kier alpha value is -1.20. The standard InChI is InChI=1S/C15H26N4O/c1-12(2)7-16-8-14-9-17-15(18-10-14)19-5-3-13(11-20)4-6-19/h9-10,12-13,16,20H,3-8,11H2,1-2H3. The summed E-state index contributed by atoms with van der Waals surface area (Å²) in [6, 6.07) is 0. The van der Waals surface area contributed by atoms with E-state index >= 15 is 0 Å². The van der Waals surface area contributed by atoms with Gasteiger partial charge in [0.05, 0.1) is 0 Å². The van der Waals surface area contributed by atoms with E-state index in [1.807, 2.05) is 12.4 Å². The minimum absolute atomic E-state index is 0.301. The number of aromatic nitrogens is 2. The van der Waals surface area contributed by atoms with Crippen molar-refractivity contribution in [2.75, 3.05) is 31.1 Å². The van der Waals surface area contributed by atoms with E-state index in [9.17, 15) is 0 Å². The molecular formula is C15H26N4O. The van der Waals surface area contributed by atoms with Crippen molar-refractivity contribution in [2.45, 2.75) is 33.2 Å². The zero-order valence-electron chi connectivity index (χ0n) is 12.5. The number of nitrogens with one attached hydrogen (secondary N) is 1. The Morgan fingerprint density at radius 1 is 1.30 bits per heavy atom. The van der Waals surface area contributed by atoms with E-state index < -0.39 is 0 Å². The first-order valence-electron chi connectivity index (χ1n) is 7.56. The third kappa shape index (κ3) is 4.42. The number of aliphatic hydroxyl groups excluding tert-OH is 1. The zero-order chi connectivity index (χ0) is 14.4. The molecule has 112 valence electrons. The highest BCUT2D eigenvalue weighted by atomic mass is 16.3. The molecule has 2 heterocycles. The summed E-state index contributed by atoms with van der Waals surface area (Å²) in [5, 5.41) is 12.5. The lowest BCUT2D eigenvalue weighted by Gasteiger charge is -2.31. The molecule has 20 heavy (non-hydrogen) atoms. The van der Waals surface area contributed by atoms with Gasteiger partial charge in [0.1, 0.15) is 0 Å². The molecule has 1 aromatic heterocycles. The first kappa shape index (κ1) is 15.2. The molecule has 5 nitrogen and oxygen atoms in total. The van der Waals surface area contributed by atoms with E-state index in [1.54, 1.807) is 0 Å². The molecule has 0 radical (unpaired) electrons. The average Bonchev–Trinajstić information content (AvgIpc) is 2.48. The molecule has 0 spiro atoms. The van der Waals surface area contributed by atoms with Crippen LogP contribution in [0.1, 0.15) is 32.3 Å². The second kappa shape index (κ2) is 7.55. The van der Waals surface area contributed by atoms with E-state index in [1.165, 1.54) is 0 Å². The number of anilines is 1. The van der Waals surface area contributed by atoms with Gasteiger partial charge in [0, 0.05) is 44.2 Å². The van der Waals surface area contributed by atoms with E-state index in [0.717, 1.165) is 50.5 Å². The Kier molecular flexibility index (Phi) is 5.73. The fraction of sp³-hybridized carbons (Fsp3) is 0.733. The Bertz CT molecular complexity index is 385. The summed E-state index contributed by atoms with van der Waals surface area (Å²) in [7, 11) is 0. The lowest BCUT2D eigenvalue weighted by Crippen LogP contribution is -2.35. The summed E-state index contributed by atoms with van der Waals surface area (Å²) in [5.74, 6) is 1.92. The summed E-state index contributed by atoms with van der Waals surface area (Å²) >= 11 is 0. The Labute approximate surface area is 121 Å². The molecule has 1 aromatic rings. The van der Waals surface area contributed by atoms with Gasteiger partial charge in [-0.25, -0.2) is 9.97 Å². The molecule has 0 atom stereocenters. The minimum atomic E-state index is 0.301. The third-order valence-electron chi connectivity index (χ3n) is 3.73. The molecule has 1 fully saturated rings. The topological polar surface area (TPSA) is 61.3 Å². The van der Waals surface area contributed by atoms with E-state index in [0.29, 0.717) is 18.4 Å². The monoisotopic (exact) mass is 278 g/mol. The van der Waals surface area contributed by atoms with E-state index in [4.69, 9.17) is 5.11 Å². The van der Waals surface area contributed by atoms with Crippen LogP contribution >= 0.6 is 0 Å². The number of hydrogen-bond acceptors (Lipinski definition) is 5. The first-order chi connectivity index (χ1) is 9.69. The van der Waals surface area contributed by atoms with Crippen molar-refractivity contribution >= 4 is 5.95 Å². The normalized spacial score (nSPS) is 16.9. The number of nitrogens with zero attached hydrogens (tertiary/aromatic N) is 3. The van der Waals surface area contributed by atoms with E-state index in [2.05, 4.69) is 34.0 Å². The fourth-order valence-corrected chi connectivity index (χ4v) is 2.42. The molecular weight excluding hydrogens is 252 g/mol. The molecule has 2 rings (SSSR count). The predicted octanol–water partition coefficient (Wildman–Crippen LogP) is 1.43. The van der Waals surface area contributed by atoms with Crippen LogP contribution in [0.4, 0.5) is 5.95 Å². The lowest BCUT2D eigenvalue weighted by atomic mass is 9.98. The molecule has 0 aromatic carbocycles. The summed E-state index contributed by atoms with van der Waals surface area (Å²) in [5.41, 5.74) is 1.12. The molecule has 0 aliphatic carbocycles. The van der Waals surface area contributed by atoms with Crippen molar-refractivity contribution in [2.24, 2.45) is 11.8 Å². The molecule has 1 aliphatic heterocycles. The smallest absolute Gasteiger partial charge is 0.225 e. The second-order valence-corrected chi connectivity index (χ2v) is 6.03. The molecule has 0 bridgehead atoms. The van der Waals surface area contributed by atoms with Crippen LogP contribution in [-0.4, -0.2) is 41.3 Å². The van der Waals surface area contributed by atoms with Crippen LogP contribution in [0.2, 0.25) is 0 Å². The highest BCUT2D eigenvalue weighted by Gasteiger charge is 2.20. The number of hydrogen-bond donors (Lipinski definition) is 2. The summed E-state index contributed by atoms with van der Waals surface area (Å²) in [6.07, 6.45) is 5.87. The number of rotatable bonds is 6.